The number of halogens is 3. The number of carbonyl (C=O) groups is 2. The molecule has 0 bridgehead atoms. The van der Waals surface area contributed by atoms with Gasteiger partial charge in [0, 0.05) is 23.6 Å². The summed E-state index contributed by atoms with van der Waals surface area (Å²) in [4.78, 5) is 31.4. The lowest BCUT2D eigenvalue weighted by Gasteiger charge is -2.25. The molecule has 1 aromatic heterocycles. The van der Waals surface area contributed by atoms with E-state index in [9.17, 15) is 19.1 Å². The summed E-state index contributed by atoms with van der Waals surface area (Å²) < 4.78 is 19.2. The van der Waals surface area contributed by atoms with Gasteiger partial charge in [-0.2, -0.15) is 0 Å². The number of aromatic nitrogens is 1. The largest absolute Gasteiger partial charge is 0.507 e. The molecule has 4 rings (SSSR count). The second-order valence-corrected chi connectivity index (χ2v) is 7.95. The molecule has 1 saturated heterocycles. The molecule has 1 atom stereocenters. The van der Waals surface area contributed by atoms with Gasteiger partial charge in [0.25, 0.3) is 11.7 Å². The van der Waals surface area contributed by atoms with Crippen LogP contribution in [0.15, 0.2) is 66.5 Å². The zero-order valence-corrected chi connectivity index (χ0v) is 18.8. The number of ketones is 1. The van der Waals surface area contributed by atoms with E-state index in [-0.39, 0.29) is 21.8 Å². The number of hydrogen-bond acceptors (Lipinski definition) is 5. The van der Waals surface area contributed by atoms with Crippen molar-refractivity contribution in [1.82, 2.24) is 4.98 Å². The Morgan fingerprint density at radius 2 is 1.94 bits per heavy atom. The molecule has 0 aliphatic carbocycles. The Bertz CT molecular complexity index is 1280. The number of hydrogen-bond donors (Lipinski definition) is 1. The summed E-state index contributed by atoms with van der Waals surface area (Å²) in [6.45, 7) is 2.12. The fraction of sp³-hybridized carbons (Fsp3) is 0.125. The minimum Gasteiger partial charge on any atom is -0.507 e. The third kappa shape index (κ3) is 4.17. The van der Waals surface area contributed by atoms with Crippen LogP contribution in [-0.2, 0) is 9.59 Å². The number of Topliss-reactive ketones (excluding diaryl/α,β-unsaturated/α-hetero) is 1. The number of rotatable bonds is 5. The van der Waals surface area contributed by atoms with E-state index >= 15 is 0 Å². The first-order valence-electron chi connectivity index (χ1n) is 9.92. The molecule has 1 fully saturated rings. The zero-order chi connectivity index (χ0) is 23.7. The van der Waals surface area contributed by atoms with Crippen LogP contribution < -0.4 is 9.64 Å². The minimum absolute atomic E-state index is 0.154. The maximum Gasteiger partial charge on any atom is 0.300 e. The monoisotopic (exact) mass is 486 g/mol. The van der Waals surface area contributed by atoms with Crippen molar-refractivity contribution >= 4 is 46.3 Å². The Hall–Kier alpha value is -3.42. The van der Waals surface area contributed by atoms with Crippen LogP contribution in [0.1, 0.15) is 24.1 Å². The van der Waals surface area contributed by atoms with Gasteiger partial charge in [-0.05, 0) is 55.0 Å². The highest BCUT2D eigenvalue weighted by Crippen LogP contribution is 2.43. The number of pyridine rings is 1. The van der Waals surface area contributed by atoms with Crippen LogP contribution >= 0.6 is 23.2 Å². The standard InChI is InChI=1S/C24H17Cl2FN2O4/c1-2-33-19-10-13(5-7-16(19)25)22(30)20-21(14-4-3-9-28-12-14)29(24(32)23(20)31)15-6-8-18(27)17(26)11-15/h3-12,21,30H,2H2,1H3/b22-20+. The van der Waals surface area contributed by atoms with Crippen molar-refractivity contribution in [1.29, 1.82) is 0 Å². The Morgan fingerprint density at radius 1 is 1.15 bits per heavy atom. The SMILES string of the molecule is CCOc1cc(/C(O)=C2\C(=O)C(=O)N(c3ccc(F)c(Cl)c3)C2c2cccnc2)ccc1Cl. The summed E-state index contributed by atoms with van der Waals surface area (Å²) in [5.41, 5.74) is 0.755. The molecule has 2 aromatic carbocycles. The molecule has 0 saturated carbocycles. The maximum atomic E-state index is 13.8. The summed E-state index contributed by atoms with van der Waals surface area (Å²) in [7, 11) is 0. The van der Waals surface area contributed by atoms with Crippen molar-refractivity contribution in [3.8, 4) is 5.75 Å². The van der Waals surface area contributed by atoms with Gasteiger partial charge < -0.3 is 9.84 Å². The molecule has 1 aliphatic rings. The van der Waals surface area contributed by atoms with Crippen LogP contribution in [0.3, 0.4) is 0 Å². The molecule has 6 nitrogen and oxygen atoms in total. The van der Waals surface area contributed by atoms with Gasteiger partial charge in [0.05, 0.1) is 28.3 Å². The highest BCUT2D eigenvalue weighted by atomic mass is 35.5. The maximum absolute atomic E-state index is 13.8. The fourth-order valence-corrected chi connectivity index (χ4v) is 4.01. The summed E-state index contributed by atoms with van der Waals surface area (Å²) in [6.07, 6.45) is 3.02. The van der Waals surface area contributed by atoms with Gasteiger partial charge >= 0.3 is 0 Å². The number of benzene rings is 2. The lowest BCUT2D eigenvalue weighted by atomic mass is 9.96. The third-order valence-corrected chi connectivity index (χ3v) is 5.73. The van der Waals surface area contributed by atoms with Crippen LogP contribution in [0.25, 0.3) is 5.76 Å². The molecule has 1 aliphatic heterocycles. The Kier molecular flexibility index (Phi) is 6.35. The van der Waals surface area contributed by atoms with Gasteiger partial charge in [-0.15, -0.1) is 0 Å². The Labute approximate surface area is 198 Å². The van der Waals surface area contributed by atoms with E-state index in [0.717, 1.165) is 11.0 Å². The van der Waals surface area contributed by atoms with Crippen molar-refractivity contribution in [3.05, 3.63) is 93.5 Å². The second-order valence-electron chi connectivity index (χ2n) is 7.13. The molecule has 2 heterocycles. The zero-order valence-electron chi connectivity index (χ0n) is 17.3. The summed E-state index contributed by atoms with van der Waals surface area (Å²) in [6, 6.07) is 10.5. The molecular formula is C24H17Cl2FN2O4. The molecule has 0 radical (unpaired) electrons. The van der Waals surface area contributed by atoms with Gasteiger partial charge in [0.1, 0.15) is 17.3 Å². The van der Waals surface area contributed by atoms with Crippen molar-refractivity contribution < 1.29 is 23.8 Å². The first kappa shape index (κ1) is 22.8. The average Bonchev–Trinajstić information content (AvgIpc) is 3.08. The first-order chi connectivity index (χ1) is 15.8. The average molecular weight is 487 g/mol. The quantitative estimate of drug-likeness (QED) is 0.290. The summed E-state index contributed by atoms with van der Waals surface area (Å²) in [5, 5.41) is 11.3. The number of amides is 1. The number of carbonyl (C=O) groups excluding carboxylic acids is 2. The predicted octanol–water partition coefficient (Wildman–Crippen LogP) is 5.55. The van der Waals surface area contributed by atoms with Gasteiger partial charge in [0.15, 0.2) is 0 Å². The van der Waals surface area contributed by atoms with E-state index in [1.165, 1.54) is 42.7 Å². The van der Waals surface area contributed by atoms with E-state index in [2.05, 4.69) is 4.98 Å². The number of anilines is 1. The van der Waals surface area contributed by atoms with Crippen molar-refractivity contribution in [2.24, 2.45) is 0 Å². The van der Waals surface area contributed by atoms with Crippen LogP contribution in [0.4, 0.5) is 10.1 Å². The molecule has 3 aromatic rings. The molecule has 168 valence electrons. The number of ether oxygens (including phenoxy) is 1. The van der Waals surface area contributed by atoms with Crippen molar-refractivity contribution in [3.63, 3.8) is 0 Å². The third-order valence-electron chi connectivity index (χ3n) is 5.13. The van der Waals surface area contributed by atoms with Crippen LogP contribution in [0.2, 0.25) is 10.0 Å². The highest BCUT2D eigenvalue weighted by molar-refractivity contribution is 6.51. The smallest absolute Gasteiger partial charge is 0.300 e. The molecule has 9 heteroatoms. The van der Waals surface area contributed by atoms with E-state index in [1.807, 2.05) is 0 Å². The fourth-order valence-electron chi connectivity index (χ4n) is 3.66. The molecule has 1 unspecified atom stereocenters. The first-order valence-corrected chi connectivity index (χ1v) is 10.7. The van der Waals surface area contributed by atoms with Crippen molar-refractivity contribution in [2.75, 3.05) is 11.5 Å². The van der Waals surface area contributed by atoms with Crippen LogP contribution in [0.5, 0.6) is 5.75 Å². The summed E-state index contributed by atoms with van der Waals surface area (Å²) in [5.74, 6) is -2.56. The Balaban J connectivity index is 1.93. The molecule has 1 N–H and O–H groups in total. The Morgan fingerprint density at radius 3 is 2.61 bits per heavy atom. The molecular weight excluding hydrogens is 470 g/mol. The topological polar surface area (TPSA) is 79.7 Å². The lowest BCUT2D eigenvalue weighted by molar-refractivity contribution is -0.132. The van der Waals surface area contributed by atoms with Crippen molar-refractivity contribution in [2.45, 2.75) is 13.0 Å². The van der Waals surface area contributed by atoms with E-state index in [4.69, 9.17) is 27.9 Å². The minimum atomic E-state index is -1.02. The van der Waals surface area contributed by atoms with Gasteiger partial charge in [-0.3, -0.25) is 19.5 Å². The molecule has 1 amide bonds. The molecule has 0 spiro atoms. The lowest BCUT2D eigenvalue weighted by Crippen LogP contribution is -2.29. The highest BCUT2D eigenvalue weighted by Gasteiger charge is 2.47. The summed E-state index contributed by atoms with van der Waals surface area (Å²) >= 11 is 12.1. The van der Waals surface area contributed by atoms with Gasteiger partial charge in [-0.25, -0.2) is 4.39 Å². The number of aliphatic hydroxyl groups is 1. The van der Waals surface area contributed by atoms with E-state index in [0.29, 0.717) is 22.9 Å². The van der Waals surface area contributed by atoms with Gasteiger partial charge in [0.2, 0.25) is 0 Å². The van der Waals surface area contributed by atoms with Crippen LogP contribution in [-0.4, -0.2) is 28.4 Å². The van der Waals surface area contributed by atoms with E-state index < -0.39 is 29.3 Å². The van der Waals surface area contributed by atoms with E-state index in [1.54, 1.807) is 19.1 Å². The second kappa shape index (κ2) is 9.21. The van der Waals surface area contributed by atoms with Crippen LogP contribution in [0, 0.1) is 5.82 Å². The number of aliphatic hydroxyl groups excluding tert-OH is 1. The predicted molar refractivity (Wildman–Crippen MR) is 123 cm³/mol. The van der Waals surface area contributed by atoms with Gasteiger partial charge in [-0.1, -0.05) is 29.3 Å². The molecule has 33 heavy (non-hydrogen) atoms. The number of nitrogens with zero attached hydrogens (tertiary/aromatic N) is 2. The normalized spacial score (nSPS) is 17.5.